The Morgan fingerprint density at radius 3 is 2.87 bits per heavy atom. The Balaban J connectivity index is 2.25. The molecular weight excluding hydrogens is 194 g/mol. The zero-order chi connectivity index (χ0) is 11.3. The van der Waals surface area contributed by atoms with Crippen LogP contribution >= 0.6 is 0 Å². The largest absolute Gasteiger partial charge is 0.383 e. The highest BCUT2D eigenvalue weighted by Crippen LogP contribution is 2.23. The molecule has 0 bridgehead atoms. The molecule has 5 nitrogen and oxygen atoms in total. The molecule has 0 radical (unpaired) electrons. The molecule has 1 aliphatic heterocycles. The quantitative estimate of drug-likeness (QED) is 0.575. The van der Waals surface area contributed by atoms with Gasteiger partial charge >= 0.3 is 6.03 Å². The third-order valence-electron chi connectivity index (χ3n) is 2.77. The highest BCUT2D eigenvalue weighted by Gasteiger charge is 2.35. The van der Waals surface area contributed by atoms with Crippen LogP contribution in [0.15, 0.2) is 0 Å². The van der Waals surface area contributed by atoms with Gasteiger partial charge in [-0.2, -0.15) is 0 Å². The lowest BCUT2D eigenvalue weighted by Crippen LogP contribution is -2.49. The Morgan fingerprint density at radius 1 is 1.60 bits per heavy atom. The van der Waals surface area contributed by atoms with E-state index in [9.17, 15) is 4.79 Å². The van der Waals surface area contributed by atoms with Crippen LogP contribution in [0.1, 0.15) is 13.8 Å². The zero-order valence-electron chi connectivity index (χ0n) is 9.72. The number of nitrogens with one attached hydrogen (secondary N) is 3. The molecule has 1 unspecified atom stereocenters. The second-order valence-electron chi connectivity index (χ2n) is 4.57. The molecule has 0 saturated carbocycles. The SMILES string of the molecule is COCCNC(=O)NC1CNCC1(C)C. The number of hydrogen-bond donors (Lipinski definition) is 3. The van der Waals surface area contributed by atoms with Gasteiger partial charge in [0.15, 0.2) is 0 Å². The molecule has 1 saturated heterocycles. The van der Waals surface area contributed by atoms with Crippen LogP contribution in [-0.2, 0) is 4.74 Å². The van der Waals surface area contributed by atoms with Crippen molar-refractivity contribution in [1.82, 2.24) is 16.0 Å². The minimum absolute atomic E-state index is 0.117. The van der Waals surface area contributed by atoms with Crippen molar-refractivity contribution in [3.63, 3.8) is 0 Å². The molecule has 88 valence electrons. The lowest BCUT2D eigenvalue weighted by Gasteiger charge is -2.26. The Kier molecular flexibility index (Phi) is 4.35. The van der Waals surface area contributed by atoms with Gasteiger partial charge in [-0.25, -0.2) is 4.79 Å². The first kappa shape index (κ1) is 12.3. The Bertz CT molecular complexity index is 219. The van der Waals surface area contributed by atoms with E-state index in [0.717, 1.165) is 13.1 Å². The van der Waals surface area contributed by atoms with Crippen LogP contribution in [0, 0.1) is 5.41 Å². The van der Waals surface area contributed by atoms with Crippen molar-refractivity contribution in [1.29, 1.82) is 0 Å². The monoisotopic (exact) mass is 215 g/mol. The van der Waals surface area contributed by atoms with E-state index in [-0.39, 0.29) is 17.5 Å². The molecular formula is C10H21N3O2. The van der Waals surface area contributed by atoms with Crippen molar-refractivity contribution >= 4 is 6.03 Å². The number of rotatable bonds is 4. The molecule has 1 rings (SSSR count). The molecule has 0 aromatic heterocycles. The topological polar surface area (TPSA) is 62.4 Å². The lowest BCUT2D eigenvalue weighted by molar-refractivity contribution is 0.193. The number of ether oxygens (including phenoxy) is 1. The van der Waals surface area contributed by atoms with E-state index in [4.69, 9.17) is 4.74 Å². The van der Waals surface area contributed by atoms with Gasteiger partial charge in [0, 0.05) is 32.8 Å². The van der Waals surface area contributed by atoms with Crippen molar-refractivity contribution < 1.29 is 9.53 Å². The fourth-order valence-corrected chi connectivity index (χ4v) is 1.66. The van der Waals surface area contributed by atoms with E-state index in [0.29, 0.717) is 13.2 Å². The van der Waals surface area contributed by atoms with Gasteiger partial charge in [-0.3, -0.25) is 0 Å². The summed E-state index contributed by atoms with van der Waals surface area (Å²) in [4.78, 5) is 11.5. The third kappa shape index (κ3) is 3.68. The summed E-state index contributed by atoms with van der Waals surface area (Å²) in [5, 5.41) is 8.97. The van der Waals surface area contributed by atoms with Gasteiger partial charge < -0.3 is 20.7 Å². The number of urea groups is 1. The van der Waals surface area contributed by atoms with E-state index in [1.54, 1.807) is 7.11 Å². The Labute approximate surface area is 90.9 Å². The second kappa shape index (κ2) is 5.32. The summed E-state index contributed by atoms with van der Waals surface area (Å²) in [6.45, 7) is 7.16. The van der Waals surface area contributed by atoms with Crippen molar-refractivity contribution in [2.75, 3.05) is 33.4 Å². The normalized spacial score (nSPS) is 23.8. The summed E-state index contributed by atoms with van der Waals surface area (Å²) in [6, 6.07) is 0.0777. The van der Waals surface area contributed by atoms with Crippen molar-refractivity contribution in [2.24, 2.45) is 5.41 Å². The number of carbonyl (C=O) groups excluding carboxylic acids is 1. The number of carbonyl (C=O) groups is 1. The predicted molar refractivity (Wildman–Crippen MR) is 58.8 cm³/mol. The molecule has 1 heterocycles. The standard InChI is InChI=1S/C10H21N3O2/c1-10(2)7-11-6-8(10)13-9(14)12-4-5-15-3/h8,11H,4-7H2,1-3H3,(H2,12,13,14). The van der Waals surface area contributed by atoms with Crippen LogP contribution in [0.3, 0.4) is 0 Å². The van der Waals surface area contributed by atoms with Gasteiger partial charge in [0.2, 0.25) is 0 Å². The van der Waals surface area contributed by atoms with E-state index >= 15 is 0 Å². The van der Waals surface area contributed by atoms with Crippen LogP contribution in [0.5, 0.6) is 0 Å². The molecule has 3 N–H and O–H groups in total. The second-order valence-corrected chi connectivity index (χ2v) is 4.57. The minimum Gasteiger partial charge on any atom is -0.383 e. The maximum atomic E-state index is 11.5. The first-order valence-corrected chi connectivity index (χ1v) is 5.30. The molecule has 0 spiro atoms. The maximum Gasteiger partial charge on any atom is 0.315 e. The van der Waals surface area contributed by atoms with E-state index < -0.39 is 0 Å². The van der Waals surface area contributed by atoms with E-state index in [2.05, 4.69) is 29.8 Å². The van der Waals surface area contributed by atoms with Crippen molar-refractivity contribution in [3.05, 3.63) is 0 Å². The Morgan fingerprint density at radius 2 is 2.33 bits per heavy atom. The average Bonchev–Trinajstić information content (AvgIpc) is 2.46. The molecule has 2 amide bonds. The lowest BCUT2D eigenvalue weighted by atomic mass is 9.88. The van der Waals surface area contributed by atoms with Gasteiger partial charge in [0.05, 0.1) is 6.61 Å². The third-order valence-corrected chi connectivity index (χ3v) is 2.77. The predicted octanol–water partition coefficient (Wildman–Crippen LogP) is -0.0700. The molecule has 0 aromatic rings. The van der Waals surface area contributed by atoms with E-state index in [1.807, 2.05) is 0 Å². The highest BCUT2D eigenvalue weighted by molar-refractivity contribution is 5.74. The Hall–Kier alpha value is -0.810. The molecule has 0 aromatic carbocycles. The molecule has 1 aliphatic rings. The fourth-order valence-electron chi connectivity index (χ4n) is 1.66. The van der Waals surface area contributed by atoms with Crippen LogP contribution in [0.4, 0.5) is 4.79 Å². The van der Waals surface area contributed by atoms with Crippen LogP contribution in [0.2, 0.25) is 0 Å². The fraction of sp³-hybridized carbons (Fsp3) is 0.900. The van der Waals surface area contributed by atoms with Gasteiger partial charge in [-0.15, -0.1) is 0 Å². The summed E-state index contributed by atoms with van der Waals surface area (Å²) < 4.78 is 4.85. The number of methoxy groups -OCH3 is 1. The van der Waals surface area contributed by atoms with Crippen LogP contribution in [0.25, 0.3) is 0 Å². The maximum absolute atomic E-state index is 11.5. The van der Waals surface area contributed by atoms with Gasteiger partial charge in [0.25, 0.3) is 0 Å². The smallest absolute Gasteiger partial charge is 0.315 e. The summed E-state index contributed by atoms with van der Waals surface area (Å²) in [7, 11) is 1.61. The number of hydrogen-bond acceptors (Lipinski definition) is 3. The molecule has 15 heavy (non-hydrogen) atoms. The zero-order valence-corrected chi connectivity index (χ0v) is 9.72. The molecule has 1 fully saturated rings. The van der Waals surface area contributed by atoms with Crippen molar-refractivity contribution in [3.8, 4) is 0 Å². The minimum atomic E-state index is -0.117. The molecule has 5 heteroatoms. The van der Waals surface area contributed by atoms with Gasteiger partial charge in [0.1, 0.15) is 0 Å². The summed E-state index contributed by atoms with van der Waals surface area (Å²) in [5.41, 5.74) is 0.124. The first-order chi connectivity index (χ1) is 7.06. The van der Waals surface area contributed by atoms with Crippen LogP contribution < -0.4 is 16.0 Å². The molecule has 1 atom stereocenters. The van der Waals surface area contributed by atoms with E-state index in [1.165, 1.54) is 0 Å². The first-order valence-electron chi connectivity index (χ1n) is 5.30. The highest BCUT2D eigenvalue weighted by atomic mass is 16.5. The molecule has 0 aliphatic carbocycles. The summed E-state index contributed by atoms with van der Waals surface area (Å²) in [5.74, 6) is 0. The van der Waals surface area contributed by atoms with Crippen molar-refractivity contribution in [2.45, 2.75) is 19.9 Å². The summed E-state index contributed by atoms with van der Waals surface area (Å²) in [6.07, 6.45) is 0. The summed E-state index contributed by atoms with van der Waals surface area (Å²) >= 11 is 0. The average molecular weight is 215 g/mol. The van der Waals surface area contributed by atoms with Gasteiger partial charge in [-0.1, -0.05) is 13.8 Å². The van der Waals surface area contributed by atoms with Gasteiger partial charge in [-0.05, 0) is 5.41 Å². The van der Waals surface area contributed by atoms with Crippen LogP contribution in [-0.4, -0.2) is 45.4 Å². The number of amides is 2.